The van der Waals surface area contributed by atoms with E-state index >= 15 is 0 Å². The van der Waals surface area contributed by atoms with Crippen LogP contribution in [-0.4, -0.2) is 34.3 Å². The van der Waals surface area contributed by atoms with Gasteiger partial charge in [-0.15, -0.1) is 0 Å². The molecule has 0 atom stereocenters. The fourth-order valence-electron chi connectivity index (χ4n) is 5.96. The lowest BCUT2D eigenvalue weighted by atomic mass is 9.53. The summed E-state index contributed by atoms with van der Waals surface area (Å²) in [7, 11) is 0. The highest BCUT2D eigenvalue weighted by Gasteiger charge is 2.51. The number of amides is 1. The van der Waals surface area contributed by atoms with Crippen LogP contribution in [0.1, 0.15) is 38.5 Å². The first-order chi connectivity index (χ1) is 15.0. The molecule has 1 aromatic heterocycles. The van der Waals surface area contributed by atoms with Gasteiger partial charge in [-0.25, -0.2) is 4.39 Å². The molecule has 1 N–H and O–H groups in total. The Morgan fingerprint density at radius 1 is 1.10 bits per heavy atom. The summed E-state index contributed by atoms with van der Waals surface area (Å²) in [6.07, 6.45) is 9.16. The first-order valence-electron chi connectivity index (χ1n) is 10.8. The summed E-state index contributed by atoms with van der Waals surface area (Å²) in [6.45, 7) is -0.0947. The lowest BCUT2D eigenvalue weighted by molar-refractivity contribution is -0.128. The van der Waals surface area contributed by atoms with Crippen molar-refractivity contribution in [2.75, 3.05) is 12.9 Å². The minimum Gasteiger partial charge on any atom is -0.467 e. The second kappa shape index (κ2) is 8.30. The van der Waals surface area contributed by atoms with Gasteiger partial charge in [-0.1, -0.05) is 11.8 Å². The third kappa shape index (κ3) is 4.63. The van der Waals surface area contributed by atoms with E-state index in [0.29, 0.717) is 10.9 Å². The summed E-state index contributed by atoms with van der Waals surface area (Å²) >= 11 is 1.35. The molecule has 2 aromatic rings. The van der Waals surface area contributed by atoms with Gasteiger partial charge >= 0.3 is 0 Å². The van der Waals surface area contributed by atoms with Gasteiger partial charge in [0.05, 0.1) is 6.07 Å². The summed E-state index contributed by atoms with van der Waals surface area (Å²) in [5.41, 5.74) is -0.0395. The van der Waals surface area contributed by atoms with E-state index in [-0.39, 0.29) is 35.6 Å². The van der Waals surface area contributed by atoms with Gasteiger partial charge in [0.15, 0.2) is 11.8 Å². The van der Waals surface area contributed by atoms with Crippen molar-refractivity contribution in [1.29, 1.82) is 0 Å². The number of thioether (sulfide) groups is 1. The number of nitrogens with zero attached hydrogens (tertiary/aromatic N) is 2. The Morgan fingerprint density at radius 3 is 2.32 bits per heavy atom. The third-order valence-electron chi connectivity index (χ3n) is 6.67. The predicted octanol–water partition coefficient (Wildman–Crippen LogP) is 4.59. The van der Waals surface area contributed by atoms with E-state index in [0.717, 1.165) is 37.0 Å². The van der Waals surface area contributed by atoms with Crippen LogP contribution in [0.15, 0.2) is 35.5 Å². The molecule has 0 aliphatic heterocycles. The van der Waals surface area contributed by atoms with E-state index in [1.54, 1.807) is 6.07 Å². The van der Waals surface area contributed by atoms with Gasteiger partial charge in [0.1, 0.15) is 11.6 Å². The number of rotatable bonds is 7. The summed E-state index contributed by atoms with van der Waals surface area (Å²) in [6, 6.07) is 7.22. The molecule has 1 heterocycles. The van der Waals surface area contributed by atoms with Crippen molar-refractivity contribution < 1.29 is 18.7 Å². The first kappa shape index (κ1) is 20.5. The minimum absolute atomic E-state index is 0.0395. The smallest absolute Gasteiger partial charge is 0.258 e. The zero-order valence-corrected chi connectivity index (χ0v) is 18.3. The van der Waals surface area contributed by atoms with Crippen molar-refractivity contribution >= 4 is 17.7 Å². The largest absolute Gasteiger partial charge is 0.467 e. The summed E-state index contributed by atoms with van der Waals surface area (Å²) in [5, 5.41) is 3.77. The average molecular weight is 444 g/mol. The van der Waals surface area contributed by atoms with Crippen molar-refractivity contribution in [3.63, 3.8) is 0 Å². The molecule has 4 saturated carbocycles. The van der Waals surface area contributed by atoms with Gasteiger partial charge in [-0.3, -0.25) is 4.79 Å². The number of nitrogens with one attached hydrogen (secondary N) is 1. The van der Waals surface area contributed by atoms with Crippen LogP contribution >= 0.6 is 11.8 Å². The Morgan fingerprint density at radius 2 is 1.71 bits per heavy atom. The van der Waals surface area contributed by atoms with E-state index in [2.05, 4.69) is 15.3 Å². The highest BCUT2D eigenvalue weighted by molar-refractivity contribution is 7.98. The van der Waals surface area contributed by atoms with E-state index in [9.17, 15) is 9.18 Å². The Balaban J connectivity index is 1.22. The van der Waals surface area contributed by atoms with Crippen molar-refractivity contribution in [2.45, 2.75) is 49.2 Å². The number of hydrogen-bond donors (Lipinski definition) is 1. The van der Waals surface area contributed by atoms with Gasteiger partial charge < -0.3 is 14.8 Å². The molecule has 31 heavy (non-hydrogen) atoms. The van der Waals surface area contributed by atoms with Crippen molar-refractivity contribution in [3.8, 4) is 17.5 Å². The number of carbonyl (C=O) groups excluding carboxylic acids is 1. The molecule has 4 aliphatic carbocycles. The van der Waals surface area contributed by atoms with Crippen molar-refractivity contribution in [2.24, 2.45) is 17.8 Å². The molecule has 1 aromatic carbocycles. The number of carbonyl (C=O) groups is 1. The Bertz CT molecular complexity index is 934. The van der Waals surface area contributed by atoms with Gasteiger partial charge in [-0.05, 0) is 86.8 Å². The molecule has 1 amide bonds. The van der Waals surface area contributed by atoms with Gasteiger partial charge in [0, 0.05) is 5.54 Å². The van der Waals surface area contributed by atoms with Gasteiger partial charge in [-0.2, -0.15) is 9.97 Å². The van der Waals surface area contributed by atoms with E-state index in [1.165, 1.54) is 55.3 Å². The molecule has 6 rings (SSSR count). The van der Waals surface area contributed by atoms with Crippen LogP contribution in [0.4, 0.5) is 4.39 Å². The second-order valence-corrected chi connectivity index (χ2v) is 9.90. The fourth-order valence-corrected chi connectivity index (χ4v) is 6.32. The third-order valence-corrected chi connectivity index (χ3v) is 7.22. The van der Waals surface area contributed by atoms with Crippen LogP contribution in [0.2, 0.25) is 0 Å². The summed E-state index contributed by atoms with van der Waals surface area (Å²) in [5.74, 6) is 2.87. The van der Waals surface area contributed by atoms with Crippen LogP contribution in [0.3, 0.4) is 0 Å². The summed E-state index contributed by atoms with van der Waals surface area (Å²) in [4.78, 5) is 21.3. The fraction of sp³-hybridized carbons (Fsp3) is 0.522. The molecule has 8 heteroatoms. The van der Waals surface area contributed by atoms with Crippen LogP contribution in [-0.2, 0) is 4.79 Å². The maximum atomic E-state index is 13.1. The molecule has 4 bridgehead atoms. The molecular formula is C23H26FN3O3S. The Kier molecular flexibility index (Phi) is 5.50. The van der Waals surface area contributed by atoms with Gasteiger partial charge in [0.25, 0.3) is 5.91 Å². The monoisotopic (exact) mass is 443 g/mol. The SMILES string of the molecule is CSc1nc(OCC(=O)NC23CC4CC(CC(C4)C2)C3)cc(Oc2ccc(F)cc2)n1. The second-order valence-electron chi connectivity index (χ2n) is 9.12. The van der Waals surface area contributed by atoms with Crippen LogP contribution in [0, 0.1) is 23.6 Å². The molecule has 0 unspecified atom stereocenters. The maximum absolute atomic E-state index is 13.1. The lowest BCUT2D eigenvalue weighted by Crippen LogP contribution is -2.60. The van der Waals surface area contributed by atoms with Crippen LogP contribution in [0.5, 0.6) is 17.5 Å². The number of aromatic nitrogens is 2. The molecule has 6 nitrogen and oxygen atoms in total. The highest BCUT2D eigenvalue weighted by atomic mass is 32.2. The topological polar surface area (TPSA) is 73.3 Å². The standard InChI is InChI=1S/C23H26FN3O3S/c1-31-22-25-20(9-21(26-22)30-18-4-2-17(24)3-5-18)29-13-19(28)27-23-10-14-6-15(11-23)8-16(7-14)12-23/h2-5,9,14-16H,6-8,10-13H2,1H3,(H,27,28). The molecular weight excluding hydrogens is 417 g/mol. The molecule has 4 fully saturated rings. The predicted molar refractivity (Wildman–Crippen MR) is 115 cm³/mol. The minimum atomic E-state index is -0.339. The van der Waals surface area contributed by atoms with Crippen molar-refractivity contribution in [3.05, 3.63) is 36.1 Å². The molecule has 0 spiro atoms. The zero-order valence-electron chi connectivity index (χ0n) is 17.5. The molecule has 164 valence electrons. The van der Waals surface area contributed by atoms with Crippen LogP contribution in [0.25, 0.3) is 0 Å². The number of benzene rings is 1. The lowest BCUT2D eigenvalue weighted by Gasteiger charge is -2.56. The highest BCUT2D eigenvalue weighted by Crippen LogP contribution is 2.55. The van der Waals surface area contributed by atoms with Crippen molar-refractivity contribution in [1.82, 2.24) is 15.3 Å². The Labute approximate surface area is 185 Å². The molecule has 0 saturated heterocycles. The van der Waals surface area contributed by atoms with E-state index in [1.807, 2.05) is 6.26 Å². The first-order valence-corrected chi connectivity index (χ1v) is 12.0. The number of ether oxygens (including phenoxy) is 2. The van der Waals surface area contributed by atoms with Gasteiger partial charge in [0.2, 0.25) is 11.8 Å². The quantitative estimate of drug-likeness (QED) is 0.498. The summed E-state index contributed by atoms with van der Waals surface area (Å²) < 4.78 is 24.5. The molecule has 0 radical (unpaired) electrons. The molecule has 4 aliphatic rings. The van der Waals surface area contributed by atoms with E-state index < -0.39 is 0 Å². The van der Waals surface area contributed by atoms with E-state index in [4.69, 9.17) is 9.47 Å². The maximum Gasteiger partial charge on any atom is 0.258 e. The Hall–Kier alpha value is -2.35. The number of hydrogen-bond acceptors (Lipinski definition) is 6. The number of halogens is 1. The zero-order chi connectivity index (χ0) is 21.4. The van der Waals surface area contributed by atoms with Crippen LogP contribution < -0.4 is 14.8 Å². The normalized spacial score (nSPS) is 28.4. The average Bonchev–Trinajstić information content (AvgIpc) is 2.72.